The van der Waals surface area contributed by atoms with Crippen molar-refractivity contribution in [3.8, 4) is 11.5 Å². The van der Waals surface area contributed by atoms with Crippen molar-refractivity contribution in [1.82, 2.24) is 14.7 Å². The molecular formula is C21H26F3N3O2. The maximum Gasteiger partial charge on any atom is 0.435 e. The van der Waals surface area contributed by atoms with Gasteiger partial charge < -0.3 is 14.4 Å². The van der Waals surface area contributed by atoms with E-state index >= 15 is 0 Å². The number of nitrogens with zero attached hydrogens (tertiary/aromatic N) is 3. The van der Waals surface area contributed by atoms with Gasteiger partial charge in [0.2, 0.25) is 0 Å². The number of likely N-dealkylation sites (tertiary alicyclic amines) is 1. The van der Waals surface area contributed by atoms with Gasteiger partial charge in [0.15, 0.2) is 17.2 Å². The average Bonchev–Trinajstić information content (AvgIpc) is 3.33. The fourth-order valence-electron chi connectivity index (χ4n) is 5.18. The normalized spacial score (nSPS) is 27.7. The first-order chi connectivity index (χ1) is 13.8. The van der Waals surface area contributed by atoms with E-state index in [1.54, 1.807) is 14.2 Å². The third-order valence-corrected chi connectivity index (χ3v) is 6.73. The van der Waals surface area contributed by atoms with Crippen LogP contribution in [0.15, 0.2) is 30.5 Å². The van der Waals surface area contributed by atoms with Gasteiger partial charge in [0.25, 0.3) is 0 Å². The van der Waals surface area contributed by atoms with Crippen molar-refractivity contribution >= 4 is 0 Å². The number of benzene rings is 1. The summed E-state index contributed by atoms with van der Waals surface area (Å²) in [6.45, 7) is 0.957. The second-order valence-electron chi connectivity index (χ2n) is 8.08. The summed E-state index contributed by atoms with van der Waals surface area (Å²) >= 11 is 0. The molecule has 1 aliphatic heterocycles. The van der Waals surface area contributed by atoms with Crippen LogP contribution in [-0.2, 0) is 11.6 Å². The lowest BCUT2D eigenvalue weighted by atomic mass is 9.65. The van der Waals surface area contributed by atoms with Crippen LogP contribution >= 0.6 is 0 Å². The van der Waals surface area contributed by atoms with Gasteiger partial charge in [0.1, 0.15) is 0 Å². The first kappa shape index (κ1) is 20.1. The number of aromatic nitrogens is 2. The van der Waals surface area contributed by atoms with Crippen LogP contribution in [0, 0.1) is 0 Å². The molecule has 0 radical (unpaired) electrons. The van der Waals surface area contributed by atoms with E-state index in [0.717, 1.165) is 38.3 Å². The van der Waals surface area contributed by atoms with E-state index in [-0.39, 0.29) is 17.5 Å². The monoisotopic (exact) mass is 409 g/mol. The zero-order valence-electron chi connectivity index (χ0n) is 16.9. The number of alkyl halides is 3. The highest BCUT2D eigenvalue weighted by Gasteiger charge is 2.51. The zero-order chi connectivity index (χ0) is 20.8. The molecule has 1 aromatic carbocycles. The highest BCUT2D eigenvalue weighted by Crippen LogP contribution is 2.52. The minimum Gasteiger partial charge on any atom is -0.493 e. The van der Waals surface area contributed by atoms with Crippen molar-refractivity contribution in [2.24, 2.45) is 0 Å². The first-order valence-electron chi connectivity index (χ1n) is 9.83. The molecule has 0 spiro atoms. The van der Waals surface area contributed by atoms with Crippen LogP contribution in [-0.4, -0.2) is 48.5 Å². The van der Waals surface area contributed by atoms with E-state index < -0.39 is 11.9 Å². The molecule has 2 aliphatic rings. The molecule has 2 heterocycles. The maximum atomic E-state index is 13.0. The SMILES string of the molecule is COc1ccc([C@@]23CCC(n4ccc(C(F)(F)F)n4)C[C@@H]2N(C)CC3)cc1OC. The molecule has 158 valence electrons. The van der Waals surface area contributed by atoms with Crippen molar-refractivity contribution in [1.29, 1.82) is 0 Å². The molecule has 2 aromatic rings. The Kier molecular flexibility index (Phi) is 5.01. The second kappa shape index (κ2) is 7.23. The lowest BCUT2D eigenvalue weighted by molar-refractivity contribution is -0.141. The van der Waals surface area contributed by atoms with E-state index in [9.17, 15) is 13.2 Å². The van der Waals surface area contributed by atoms with E-state index in [0.29, 0.717) is 11.5 Å². The number of halogens is 3. The molecule has 8 heteroatoms. The van der Waals surface area contributed by atoms with Crippen LogP contribution in [0.5, 0.6) is 11.5 Å². The van der Waals surface area contributed by atoms with Gasteiger partial charge in [-0.15, -0.1) is 0 Å². The summed E-state index contributed by atoms with van der Waals surface area (Å²) in [4.78, 5) is 2.33. The number of fused-ring (bicyclic) bond motifs is 1. The Morgan fingerprint density at radius 2 is 1.86 bits per heavy atom. The Morgan fingerprint density at radius 1 is 1.10 bits per heavy atom. The molecule has 1 aromatic heterocycles. The van der Waals surface area contributed by atoms with Crippen molar-refractivity contribution in [3.05, 3.63) is 41.7 Å². The average molecular weight is 409 g/mol. The Morgan fingerprint density at radius 3 is 2.52 bits per heavy atom. The summed E-state index contributed by atoms with van der Waals surface area (Å²) in [5.41, 5.74) is 0.346. The van der Waals surface area contributed by atoms with Gasteiger partial charge in [-0.2, -0.15) is 18.3 Å². The minimum atomic E-state index is -4.41. The van der Waals surface area contributed by atoms with Crippen molar-refractivity contribution < 1.29 is 22.6 Å². The zero-order valence-corrected chi connectivity index (χ0v) is 16.9. The van der Waals surface area contributed by atoms with Crippen LogP contribution in [0.1, 0.15) is 43.0 Å². The highest BCUT2D eigenvalue weighted by atomic mass is 19.4. The van der Waals surface area contributed by atoms with Crippen LogP contribution < -0.4 is 9.47 Å². The van der Waals surface area contributed by atoms with Crippen molar-refractivity contribution in [2.45, 2.75) is 49.4 Å². The van der Waals surface area contributed by atoms with Crippen LogP contribution in [0.2, 0.25) is 0 Å². The lowest BCUT2D eigenvalue weighted by Crippen LogP contribution is -2.46. The van der Waals surface area contributed by atoms with Gasteiger partial charge in [0, 0.05) is 17.7 Å². The van der Waals surface area contributed by atoms with E-state index in [4.69, 9.17) is 9.47 Å². The number of rotatable bonds is 4. The third-order valence-electron chi connectivity index (χ3n) is 6.73. The van der Waals surface area contributed by atoms with Crippen LogP contribution in [0.4, 0.5) is 13.2 Å². The maximum absolute atomic E-state index is 13.0. The number of hydrogen-bond donors (Lipinski definition) is 0. The van der Waals surface area contributed by atoms with Gasteiger partial charge in [-0.25, -0.2) is 0 Å². The van der Waals surface area contributed by atoms with Gasteiger partial charge in [-0.3, -0.25) is 4.68 Å². The Balaban J connectivity index is 1.63. The summed E-state index contributed by atoms with van der Waals surface area (Å²) in [6, 6.07) is 7.36. The van der Waals surface area contributed by atoms with Crippen LogP contribution in [0.3, 0.4) is 0 Å². The first-order valence-corrected chi connectivity index (χ1v) is 9.83. The van der Waals surface area contributed by atoms with Crippen LogP contribution in [0.25, 0.3) is 0 Å². The smallest absolute Gasteiger partial charge is 0.435 e. The topological polar surface area (TPSA) is 39.5 Å². The fraction of sp³-hybridized carbons (Fsp3) is 0.571. The molecule has 0 bridgehead atoms. The Labute approximate surface area is 168 Å². The van der Waals surface area contributed by atoms with Gasteiger partial charge in [-0.05, 0) is 63.0 Å². The quantitative estimate of drug-likeness (QED) is 0.756. The summed E-state index contributed by atoms with van der Waals surface area (Å²) < 4.78 is 51.3. The molecule has 1 unspecified atom stereocenters. The molecule has 29 heavy (non-hydrogen) atoms. The second-order valence-corrected chi connectivity index (χ2v) is 8.08. The fourth-order valence-corrected chi connectivity index (χ4v) is 5.18. The molecule has 3 atom stereocenters. The number of likely N-dealkylation sites (N-methyl/N-ethyl adjacent to an activating group) is 1. The van der Waals surface area contributed by atoms with Crippen molar-refractivity contribution in [2.75, 3.05) is 27.8 Å². The van der Waals surface area contributed by atoms with E-state index in [1.807, 2.05) is 6.07 Å². The standard InChI is InChI=1S/C21H26F3N3O2/c1-26-11-9-20(14-4-5-16(28-2)17(12-14)29-3)8-6-15(13-19(20)26)27-10-7-18(25-27)21(22,23)24/h4-5,7,10,12,15,19H,6,8-9,11,13H2,1-3H3/t15?,19-,20-/m0/s1. The summed E-state index contributed by atoms with van der Waals surface area (Å²) in [5.74, 6) is 1.40. The number of methoxy groups -OCH3 is 2. The molecule has 1 saturated carbocycles. The van der Waals surface area contributed by atoms with Gasteiger partial charge >= 0.3 is 6.18 Å². The molecule has 4 rings (SSSR count). The Hall–Kier alpha value is -2.22. The van der Waals surface area contributed by atoms with Gasteiger partial charge in [-0.1, -0.05) is 6.07 Å². The molecular weight excluding hydrogens is 383 g/mol. The van der Waals surface area contributed by atoms with Gasteiger partial charge in [0.05, 0.1) is 20.3 Å². The van der Waals surface area contributed by atoms with Crippen molar-refractivity contribution in [3.63, 3.8) is 0 Å². The lowest BCUT2D eigenvalue weighted by Gasteiger charge is -2.44. The number of hydrogen-bond acceptors (Lipinski definition) is 4. The predicted molar refractivity (Wildman–Crippen MR) is 102 cm³/mol. The largest absolute Gasteiger partial charge is 0.493 e. The molecule has 2 fully saturated rings. The third kappa shape index (κ3) is 3.37. The Bertz CT molecular complexity index is 882. The molecule has 0 N–H and O–H groups in total. The highest BCUT2D eigenvalue weighted by molar-refractivity contribution is 5.46. The molecule has 5 nitrogen and oxygen atoms in total. The summed E-state index contributed by atoms with van der Waals surface area (Å²) in [7, 11) is 5.34. The number of ether oxygens (including phenoxy) is 2. The summed E-state index contributed by atoms with van der Waals surface area (Å²) in [6.07, 6.45) is 0.521. The summed E-state index contributed by atoms with van der Waals surface area (Å²) in [5, 5.41) is 3.83. The minimum absolute atomic E-state index is 0.0369. The van der Waals surface area contributed by atoms with E-state index in [2.05, 4.69) is 29.2 Å². The predicted octanol–water partition coefficient (Wildman–Crippen LogP) is 4.29. The molecule has 0 amide bonds. The molecule has 1 aliphatic carbocycles. The molecule has 1 saturated heterocycles. The van der Waals surface area contributed by atoms with E-state index in [1.165, 1.54) is 16.4 Å².